The van der Waals surface area contributed by atoms with E-state index in [0.717, 1.165) is 12.8 Å². The highest BCUT2D eigenvalue weighted by Crippen LogP contribution is 2.24. The summed E-state index contributed by atoms with van der Waals surface area (Å²) in [7, 11) is 0. The third-order valence-corrected chi connectivity index (χ3v) is 5.55. The van der Waals surface area contributed by atoms with E-state index in [0.29, 0.717) is 24.4 Å². The van der Waals surface area contributed by atoms with Crippen LogP contribution in [0.25, 0.3) is 0 Å². The normalized spacial score (nSPS) is 19.7. The molecule has 2 N–H and O–H groups in total. The maximum Gasteiger partial charge on any atom is 0.343 e. The Kier molecular flexibility index (Phi) is 9.67. The summed E-state index contributed by atoms with van der Waals surface area (Å²) in [6.07, 6.45) is 8.78. The van der Waals surface area contributed by atoms with Crippen molar-refractivity contribution in [3.05, 3.63) is 71.0 Å². The van der Waals surface area contributed by atoms with Crippen molar-refractivity contribution in [3.8, 4) is 0 Å². The summed E-state index contributed by atoms with van der Waals surface area (Å²) in [6, 6.07) is 6.12. The van der Waals surface area contributed by atoms with Crippen LogP contribution in [0.2, 0.25) is 0 Å². The molecule has 0 unspecified atom stereocenters. The zero-order valence-electron chi connectivity index (χ0n) is 20.3. The number of furan rings is 2. The van der Waals surface area contributed by atoms with Gasteiger partial charge in [-0.05, 0) is 51.0 Å². The van der Waals surface area contributed by atoms with Crippen molar-refractivity contribution >= 4 is 24.4 Å². The largest absolute Gasteiger partial charge is 0.512 e. The van der Waals surface area contributed by atoms with Crippen LogP contribution in [0.15, 0.2) is 78.3 Å². The van der Waals surface area contributed by atoms with Gasteiger partial charge in [-0.25, -0.2) is 9.59 Å². The first kappa shape index (κ1) is 26.5. The molecule has 0 bridgehead atoms. The molecule has 1 saturated carbocycles. The number of esters is 2. The average molecular weight is 499 g/mol. The first-order chi connectivity index (χ1) is 17.3. The molecule has 0 radical (unpaired) electrons. The van der Waals surface area contributed by atoms with E-state index in [9.17, 15) is 19.8 Å². The standard InChI is InChI=1S/C26H30N2O8/c1-17(29)21(25(31)35-15-19-7-5-11-33-19)13-27-23-9-3-4-10-24(23)28-14-22(18(2)30)26(32)36-16-20-8-6-12-34-20/h5-8,11-14,23-24,29-30H,3-4,9-10,15-16H2,1-2H3/b21-17-,22-18+,27-13?,28-14?/t23-,24-/m1/s1. The van der Waals surface area contributed by atoms with Gasteiger partial charge in [-0.1, -0.05) is 12.8 Å². The molecule has 1 aliphatic carbocycles. The van der Waals surface area contributed by atoms with E-state index in [1.165, 1.54) is 38.8 Å². The summed E-state index contributed by atoms with van der Waals surface area (Å²) in [4.78, 5) is 33.9. The number of aliphatic hydroxyl groups excluding tert-OH is 2. The lowest BCUT2D eigenvalue weighted by atomic mass is 9.91. The van der Waals surface area contributed by atoms with Gasteiger partial charge in [0.1, 0.15) is 47.4 Å². The van der Waals surface area contributed by atoms with Crippen LogP contribution in [0.3, 0.4) is 0 Å². The van der Waals surface area contributed by atoms with Crippen molar-refractivity contribution in [2.24, 2.45) is 9.98 Å². The number of aliphatic hydroxyl groups is 2. The van der Waals surface area contributed by atoms with Gasteiger partial charge in [-0.3, -0.25) is 9.98 Å². The van der Waals surface area contributed by atoms with E-state index < -0.39 is 11.9 Å². The fourth-order valence-electron chi connectivity index (χ4n) is 3.59. The minimum atomic E-state index is -0.730. The monoisotopic (exact) mass is 498 g/mol. The van der Waals surface area contributed by atoms with Crippen LogP contribution >= 0.6 is 0 Å². The van der Waals surface area contributed by atoms with Crippen LogP contribution in [0.1, 0.15) is 51.1 Å². The Hall–Kier alpha value is -4.08. The summed E-state index contributed by atoms with van der Waals surface area (Å²) >= 11 is 0. The highest BCUT2D eigenvalue weighted by atomic mass is 16.5. The average Bonchev–Trinajstić information content (AvgIpc) is 3.56. The van der Waals surface area contributed by atoms with Crippen LogP contribution < -0.4 is 0 Å². The second kappa shape index (κ2) is 13.1. The molecular formula is C26H30N2O8. The number of hydrogen-bond donors (Lipinski definition) is 2. The fraction of sp³-hybridized carbons (Fsp3) is 0.385. The van der Waals surface area contributed by atoms with Crippen molar-refractivity contribution in [1.29, 1.82) is 0 Å². The molecule has 2 aromatic rings. The van der Waals surface area contributed by atoms with Gasteiger partial charge >= 0.3 is 11.9 Å². The molecule has 192 valence electrons. The Bertz CT molecular complexity index is 1030. The van der Waals surface area contributed by atoms with Gasteiger partial charge in [0.05, 0.1) is 24.6 Å². The summed E-state index contributed by atoms with van der Waals surface area (Å²) in [5.74, 6) is -0.956. The Balaban J connectivity index is 1.65. The number of carbonyl (C=O) groups is 2. The number of ether oxygens (including phenoxy) is 2. The van der Waals surface area contributed by atoms with Gasteiger partial charge in [0.25, 0.3) is 0 Å². The lowest BCUT2D eigenvalue weighted by Crippen LogP contribution is -2.28. The molecule has 36 heavy (non-hydrogen) atoms. The topological polar surface area (TPSA) is 144 Å². The predicted molar refractivity (Wildman–Crippen MR) is 131 cm³/mol. The lowest BCUT2D eigenvalue weighted by Gasteiger charge is -2.25. The van der Waals surface area contributed by atoms with Gasteiger partial charge in [-0.2, -0.15) is 0 Å². The second-order valence-corrected chi connectivity index (χ2v) is 8.28. The van der Waals surface area contributed by atoms with Gasteiger partial charge in [0, 0.05) is 12.4 Å². The zero-order valence-corrected chi connectivity index (χ0v) is 20.3. The van der Waals surface area contributed by atoms with Crippen molar-refractivity contribution in [2.75, 3.05) is 0 Å². The molecule has 10 heteroatoms. The molecule has 0 amide bonds. The molecule has 0 saturated heterocycles. The van der Waals surface area contributed by atoms with Crippen LogP contribution in [0, 0.1) is 0 Å². The van der Waals surface area contributed by atoms with Crippen LogP contribution in [0.4, 0.5) is 0 Å². The molecular weight excluding hydrogens is 468 g/mol. The first-order valence-electron chi connectivity index (χ1n) is 11.6. The molecule has 1 fully saturated rings. The molecule has 2 aromatic heterocycles. The minimum absolute atomic E-state index is 0.0665. The van der Waals surface area contributed by atoms with Crippen molar-refractivity contribution < 1.29 is 38.1 Å². The molecule has 2 heterocycles. The number of allylic oxidation sites excluding steroid dienone is 2. The molecule has 1 aliphatic rings. The Morgan fingerprint density at radius 2 is 1.28 bits per heavy atom. The van der Waals surface area contributed by atoms with Gasteiger partial charge in [0.2, 0.25) is 0 Å². The number of rotatable bonds is 10. The molecule has 10 nitrogen and oxygen atoms in total. The van der Waals surface area contributed by atoms with Crippen LogP contribution in [0.5, 0.6) is 0 Å². The van der Waals surface area contributed by atoms with E-state index in [4.69, 9.17) is 18.3 Å². The number of aliphatic imine (C=N–C) groups is 2. The number of carbonyl (C=O) groups excluding carboxylic acids is 2. The van der Waals surface area contributed by atoms with E-state index in [-0.39, 0.29) is 48.0 Å². The zero-order chi connectivity index (χ0) is 25.9. The fourth-order valence-corrected chi connectivity index (χ4v) is 3.59. The SMILES string of the molecule is C/C(O)=C(\C=N[C@@H]1CCCC[C@H]1N=C/C(C(=O)OCc1ccco1)=C(/C)O)C(=O)OCc1ccco1. The summed E-state index contributed by atoms with van der Waals surface area (Å²) in [5, 5.41) is 20.0. The highest BCUT2D eigenvalue weighted by molar-refractivity contribution is 6.10. The van der Waals surface area contributed by atoms with Crippen LogP contribution in [-0.2, 0) is 32.3 Å². The smallest absolute Gasteiger partial charge is 0.343 e. The quantitative estimate of drug-likeness (QED) is 0.206. The second-order valence-electron chi connectivity index (χ2n) is 8.28. The summed E-state index contributed by atoms with van der Waals surface area (Å²) in [6.45, 7) is 2.61. The Labute approximate surface area is 208 Å². The van der Waals surface area contributed by atoms with Crippen molar-refractivity contribution in [2.45, 2.75) is 64.8 Å². The maximum absolute atomic E-state index is 12.5. The molecule has 0 aliphatic heterocycles. The minimum Gasteiger partial charge on any atom is -0.512 e. The number of nitrogens with zero attached hydrogens (tertiary/aromatic N) is 2. The van der Waals surface area contributed by atoms with E-state index in [1.54, 1.807) is 24.3 Å². The molecule has 0 aromatic carbocycles. The predicted octanol–water partition coefficient (Wildman–Crippen LogP) is 4.78. The van der Waals surface area contributed by atoms with Gasteiger partial charge in [-0.15, -0.1) is 0 Å². The first-order valence-corrected chi connectivity index (χ1v) is 11.6. The van der Waals surface area contributed by atoms with Crippen molar-refractivity contribution in [1.82, 2.24) is 0 Å². The van der Waals surface area contributed by atoms with E-state index >= 15 is 0 Å². The lowest BCUT2D eigenvalue weighted by molar-refractivity contribution is -0.141. The third kappa shape index (κ3) is 7.72. The maximum atomic E-state index is 12.5. The van der Waals surface area contributed by atoms with Crippen molar-refractivity contribution in [3.63, 3.8) is 0 Å². The van der Waals surface area contributed by atoms with E-state index in [2.05, 4.69) is 9.98 Å². The highest BCUT2D eigenvalue weighted by Gasteiger charge is 2.25. The van der Waals surface area contributed by atoms with Gasteiger partial charge in [0.15, 0.2) is 0 Å². The summed E-state index contributed by atoms with van der Waals surface area (Å²) < 4.78 is 20.7. The van der Waals surface area contributed by atoms with E-state index in [1.807, 2.05) is 0 Å². The molecule has 3 rings (SSSR count). The Morgan fingerprint density at radius 3 is 1.61 bits per heavy atom. The third-order valence-electron chi connectivity index (χ3n) is 5.55. The summed E-state index contributed by atoms with van der Waals surface area (Å²) in [5.41, 5.74) is -0.133. The van der Waals surface area contributed by atoms with Crippen LogP contribution in [-0.4, -0.2) is 46.7 Å². The number of hydrogen-bond acceptors (Lipinski definition) is 10. The Morgan fingerprint density at radius 1 is 0.861 bits per heavy atom. The molecule has 0 spiro atoms. The molecule has 2 atom stereocenters. The van der Waals surface area contributed by atoms with Gasteiger partial charge < -0.3 is 28.5 Å².